The molecule has 0 aliphatic carbocycles. The fourth-order valence-corrected chi connectivity index (χ4v) is 2.78. The Balaban J connectivity index is 1.35. The molecule has 142 valence electrons. The van der Waals surface area contributed by atoms with Gasteiger partial charge in [-0.15, -0.1) is 10.2 Å². The van der Waals surface area contributed by atoms with Crippen LogP contribution in [-0.4, -0.2) is 28.1 Å². The van der Waals surface area contributed by atoms with Crippen LogP contribution in [0.4, 0.5) is 11.4 Å². The van der Waals surface area contributed by atoms with E-state index in [0.29, 0.717) is 35.3 Å². The number of nitrogens with zero attached hydrogens (tertiary/aromatic N) is 2. The molecule has 1 aromatic heterocycles. The van der Waals surface area contributed by atoms with Crippen LogP contribution in [-0.2, 0) is 16.0 Å². The van der Waals surface area contributed by atoms with Crippen molar-refractivity contribution in [2.45, 2.75) is 25.9 Å². The third-order valence-electron chi connectivity index (χ3n) is 4.25. The number of aromatic nitrogens is 2. The first-order valence-electron chi connectivity index (χ1n) is 8.88. The van der Waals surface area contributed by atoms with Crippen molar-refractivity contribution in [3.63, 3.8) is 0 Å². The average Bonchev–Trinajstić information content (AvgIpc) is 3.17. The summed E-state index contributed by atoms with van der Waals surface area (Å²) in [5.41, 5.74) is 1.93. The zero-order valence-corrected chi connectivity index (χ0v) is 15.1. The van der Waals surface area contributed by atoms with Gasteiger partial charge in [-0.25, -0.2) is 0 Å². The van der Waals surface area contributed by atoms with Crippen LogP contribution in [0, 0.1) is 0 Å². The number of benzene rings is 2. The smallest absolute Gasteiger partial charge is 0.265 e. The van der Waals surface area contributed by atoms with Crippen molar-refractivity contribution in [2.75, 3.05) is 10.6 Å². The van der Waals surface area contributed by atoms with E-state index in [-0.39, 0.29) is 18.2 Å². The Kier molecular flexibility index (Phi) is 4.76. The van der Waals surface area contributed by atoms with Gasteiger partial charge in [0.2, 0.25) is 17.7 Å². The predicted octanol–water partition coefficient (Wildman–Crippen LogP) is 3.03. The maximum absolute atomic E-state index is 12.2. The molecule has 0 spiro atoms. The van der Waals surface area contributed by atoms with Crippen molar-refractivity contribution in [2.24, 2.45) is 0 Å². The van der Waals surface area contributed by atoms with Crippen LogP contribution in [0.2, 0.25) is 0 Å². The number of carbonyl (C=O) groups excluding carboxylic acids is 2. The molecule has 0 radical (unpaired) electrons. The van der Waals surface area contributed by atoms with Gasteiger partial charge in [0.25, 0.3) is 5.91 Å². The molecule has 3 aromatic rings. The number of hydrogen-bond acceptors (Lipinski definition) is 6. The van der Waals surface area contributed by atoms with Crippen molar-refractivity contribution in [1.29, 1.82) is 0 Å². The maximum Gasteiger partial charge on any atom is 0.265 e. The number of amides is 2. The molecule has 2 amide bonds. The SMILES string of the molecule is C[C@@H]1Oc2ccc(NC(=O)CCc3nnc(-c4ccccc4)o3)cc2NC1=O. The van der Waals surface area contributed by atoms with Gasteiger partial charge in [0.05, 0.1) is 5.69 Å². The minimum absolute atomic E-state index is 0.188. The van der Waals surface area contributed by atoms with E-state index in [0.717, 1.165) is 5.56 Å². The van der Waals surface area contributed by atoms with Crippen molar-refractivity contribution in [3.8, 4) is 17.2 Å². The van der Waals surface area contributed by atoms with E-state index in [1.54, 1.807) is 25.1 Å². The summed E-state index contributed by atoms with van der Waals surface area (Å²) in [5, 5.41) is 13.5. The van der Waals surface area contributed by atoms with Gasteiger partial charge in [0.1, 0.15) is 5.75 Å². The Labute approximate surface area is 160 Å². The summed E-state index contributed by atoms with van der Waals surface area (Å²) in [4.78, 5) is 23.9. The van der Waals surface area contributed by atoms with Gasteiger partial charge in [-0.05, 0) is 37.3 Å². The van der Waals surface area contributed by atoms with Gasteiger partial charge in [-0.3, -0.25) is 9.59 Å². The van der Waals surface area contributed by atoms with E-state index in [1.807, 2.05) is 30.3 Å². The monoisotopic (exact) mass is 378 g/mol. The Morgan fingerprint density at radius 3 is 2.82 bits per heavy atom. The van der Waals surface area contributed by atoms with Gasteiger partial charge in [0, 0.05) is 24.1 Å². The maximum atomic E-state index is 12.2. The Morgan fingerprint density at radius 2 is 2.00 bits per heavy atom. The highest BCUT2D eigenvalue weighted by Crippen LogP contribution is 2.32. The number of aryl methyl sites for hydroxylation is 1. The number of rotatable bonds is 5. The van der Waals surface area contributed by atoms with E-state index in [2.05, 4.69) is 20.8 Å². The van der Waals surface area contributed by atoms with Crippen LogP contribution in [0.15, 0.2) is 52.9 Å². The minimum atomic E-state index is -0.539. The molecule has 1 atom stereocenters. The topological polar surface area (TPSA) is 106 Å². The van der Waals surface area contributed by atoms with Crippen molar-refractivity contribution in [1.82, 2.24) is 10.2 Å². The molecule has 2 aromatic carbocycles. The summed E-state index contributed by atoms with van der Waals surface area (Å²) in [6.07, 6.45) is -0.0235. The summed E-state index contributed by atoms with van der Waals surface area (Å²) in [6.45, 7) is 1.68. The third-order valence-corrected chi connectivity index (χ3v) is 4.25. The average molecular weight is 378 g/mol. The summed E-state index contributed by atoms with van der Waals surface area (Å²) in [7, 11) is 0. The van der Waals surface area contributed by atoms with Gasteiger partial charge >= 0.3 is 0 Å². The molecule has 8 nitrogen and oxygen atoms in total. The molecular formula is C20H18N4O4. The first-order chi connectivity index (χ1) is 13.6. The van der Waals surface area contributed by atoms with Crippen LogP contribution >= 0.6 is 0 Å². The quantitative estimate of drug-likeness (QED) is 0.707. The normalized spacial score (nSPS) is 15.3. The third kappa shape index (κ3) is 3.85. The molecule has 0 fully saturated rings. The van der Waals surface area contributed by atoms with Crippen molar-refractivity contribution < 1.29 is 18.7 Å². The number of nitrogens with one attached hydrogen (secondary N) is 2. The molecule has 0 saturated heterocycles. The molecule has 2 heterocycles. The second-order valence-corrected chi connectivity index (χ2v) is 6.38. The van der Waals surface area contributed by atoms with Crippen molar-refractivity contribution >= 4 is 23.2 Å². The molecule has 4 rings (SSSR count). The first kappa shape index (κ1) is 17.7. The number of carbonyl (C=O) groups is 2. The van der Waals surface area contributed by atoms with Crippen LogP contribution in [0.25, 0.3) is 11.5 Å². The van der Waals surface area contributed by atoms with E-state index < -0.39 is 6.10 Å². The number of ether oxygens (including phenoxy) is 1. The van der Waals surface area contributed by atoms with Crippen molar-refractivity contribution in [3.05, 3.63) is 54.4 Å². The van der Waals surface area contributed by atoms with Crippen LogP contribution in [0.5, 0.6) is 5.75 Å². The summed E-state index contributed by atoms with van der Waals surface area (Å²) >= 11 is 0. The Bertz CT molecular complexity index is 1020. The van der Waals surface area contributed by atoms with Crippen LogP contribution < -0.4 is 15.4 Å². The highest BCUT2D eigenvalue weighted by atomic mass is 16.5. The molecule has 2 N–H and O–H groups in total. The van der Waals surface area contributed by atoms with E-state index in [9.17, 15) is 9.59 Å². The van der Waals surface area contributed by atoms with E-state index in [1.165, 1.54) is 0 Å². The molecule has 1 aliphatic rings. The second-order valence-electron chi connectivity index (χ2n) is 6.38. The van der Waals surface area contributed by atoms with E-state index >= 15 is 0 Å². The van der Waals surface area contributed by atoms with Crippen LogP contribution in [0.1, 0.15) is 19.2 Å². The second kappa shape index (κ2) is 7.51. The number of anilines is 2. The standard InChI is InChI=1S/C20H18N4O4/c1-12-19(26)22-15-11-14(7-8-16(15)27-12)21-17(25)9-10-18-23-24-20(28-18)13-5-3-2-4-6-13/h2-8,11-12H,9-10H2,1H3,(H,21,25)(H,22,26)/t12-/m0/s1. The Hall–Kier alpha value is -3.68. The number of fused-ring (bicyclic) bond motifs is 1. The predicted molar refractivity (Wildman–Crippen MR) is 102 cm³/mol. The molecule has 8 heteroatoms. The zero-order valence-electron chi connectivity index (χ0n) is 15.1. The van der Waals surface area contributed by atoms with Gasteiger partial charge in [-0.1, -0.05) is 18.2 Å². The fourth-order valence-electron chi connectivity index (χ4n) is 2.78. The lowest BCUT2D eigenvalue weighted by Crippen LogP contribution is -2.34. The lowest BCUT2D eigenvalue weighted by molar-refractivity contribution is -0.122. The molecule has 0 unspecified atom stereocenters. The fraction of sp³-hybridized carbons (Fsp3) is 0.200. The summed E-state index contributed by atoms with van der Waals surface area (Å²) < 4.78 is 11.1. The highest BCUT2D eigenvalue weighted by Gasteiger charge is 2.23. The Morgan fingerprint density at radius 1 is 1.18 bits per heavy atom. The highest BCUT2D eigenvalue weighted by molar-refractivity contribution is 5.99. The first-order valence-corrected chi connectivity index (χ1v) is 8.88. The van der Waals surface area contributed by atoms with E-state index in [4.69, 9.17) is 9.15 Å². The lowest BCUT2D eigenvalue weighted by Gasteiger charge is -2.23. The minimum Gasteiger partial charge on any atom is -0.479 e. The molecule has 1 aliphatic heterocycles. The van der Waals surface area contributed by atoms with Crippen LogP contribution in [0.3, 0.4) is 0 Å². The largest absolute Gasteiger partial charge is 0.479 e. The molecular weight excluding hydrogens is 360 g/mol. The van der Waals surface area contributed by atoms with Gasteiger partial charge < -0.3 is 19.8 Å². The van der Waals surface area contributed by atoms with Gasteiger partial charge in [0.15, 0.2) is 6.10 Å². The summed E-state index contributed by atoms with van der Waals surface area (Å²) in [6, 6.07) is 14.5. The molecule has 0 bridgehead atoms. The van der Waals surface area contributed by atoms with Gasteiger partial charge in [-0.2, -0.15) is 0 Å². The zero-order chi connectivity index (χ0) is 19.5. The summed E-state index contributed by atoms with van der Waals surface area (Å²) in [5.74, 6) is 0.978. The molecule has 28 heavy (non-hydrogen) atoms. The number of hydrogen-bond donors (Lipinski definition) is 2. The lowest BCUT2D eigenvalue weighted by atomic mass is 10.2. The molecule has 0 saturated carbocycles.